The van der Waals surface area contributed by atoms with Crippen LogP contribution in [0.2, 0.25) is 0 Å². The summed E-state index contributed by atoms with van der Waals surface area (Å²) in [6, 6.07) is 12.0. The molecule has 2 rings (SSSR count). The maximum Gasteiger partial charge on any atom is 0.338 e. The fraction of sp³-hybridized carbons (Fsp3) is 0.133. The van der Waals surface area contributed by atoms with E-state index in [1.54, 1.807) is 0 Å². The number of carbonyl (C=O) groups is 2. The first-order chi connectivity index (χ1) is 9.59. The number of benzene rings is 1. The topological polar surface area (TPSA) is 79.3 Å². The molecular formula is C15H14N2O3. The average molecular weight is 270 g/mol. The lowest BCUT2D eigenvalue weighted by molar-refractivity contribution is 0.0689. The summed E-state index contributed by atoms with van der Waals surface area (Å²) < 4.78 is 0. The maximum absolute atomic E-state index is 12.1. The predicted octanol–water partition coefficient (Wildman–Crippen LogP) is 2.27. The lowest BCUT2D eigenvalue weighted by Gasteiger charge is -2.14. The number of aromatic nitrogens is 1. The normalized spacial score (nSPS) is 11.7. The Balaban J connectivity index is 2.19. The van der Waals surface area contributed by atoms with Crippen molar-refractivity contribution >= 4 is 11.9 Å². The van der Waals surface area contributed by atoms with Crippen LogP contribution in [0.3, 0.4) is 0 Å². The fourth-order valence-corrected chi connectivity index (χ4v) is 1.85. The van der Waals surface area contributed by atoms with Crippen molar-refractivity contribution < 1.29 is 14.7 Å². The third kappa shape index (κ3) is 3.00. The van der Waals surface area contributed by atoms with Gasteiger partial charge < -0.3 is 10.4 Å². The van der Waals surface area contributed by atoms with Crippen LogP contribution in [0.1, 0.15) is 39.4 Å². The number of nitrogens with one attached hydrogen (secondary N) is 1. The maximum atomic E-state index is 12.1. The van der Waals surface area contributed by atoms with Crippen molar-refractivity contribution in [3.8, 4) is 0 Å². The van der Waals surface area contributed by atoms with Crippen molar-refractivity contribution in [3.63, 3.8) is 0 Å². The predicted molar refractivity (Wildman–Crippen MR) is 73.5 cm³/mol. The van der Waals surface area contributed by atoms with Gasteiger partial charge in [0.05, 0.1) is 11.6 Å². The number of rotatable bonds is 4. The summed E-state index contributed by atoms with van der Waals surface area (Å²) in [5.41, 5.74) is 0.752. The van der Waals surface area contributed by atoms with E-state index in [9.17, 15) is 9.59 Å². The minimum Gasteiger partial charge on any atom is -0.478 e. The monoisotopic (exact) mass is 270 g/mol. The SMILES string of the molecule is C[C@H](NC(=O)c1ncccc1C(=O)O)c1ccccc1. The third-order valence-corrected chi connectivity index (χ3v) is 2.90. The summed E-state index contributed by atoms with van der Waals surface area (Å²) in [6.07, 6.45) is 1.40. The van der Waals surface area contributed by atoms with E-state index in [1.165, 1.54) is 18.3 Å². The molecule has 0 unspecified atom stereocenters. The number of hydrogen-bond donors (Lipinski definition) is 2. The van der Waals surface area contributed by atoms with Crippen LogP contribution in [0, 0.1) is 0 Å². The van der Waals surface area contributed by atoms with Crippen molar-refractivity contribution in [2.45, 2.75) is 13.0 Å². The van der Waals surface area contributed by atoms with Crippen LogP contribution < -0.4 is 5.32 Å². The molecule has 1 heterocycles. The molecule has 20 heavy (non-hydrogen) atoms. The van der Waals surface area contributed by atoms with E-state index in [1.807, 2.05) is 37.3 Å². The highest BCUT2D eigenvalue weighted by atomic mass is 16.4. The van der Waals surface area contributed by atoms with E-state index >= 15 is 0 Å². The van der Waals surface area contributed by atoms with Gasteiger partial charge in [-0.15, -0.1) is 0 Å². The van der Waals surface area contributed by atoms with Gasteiger partial charge in [0.25, 0.3) is 5.91 Å². The van der Waals surface area contributed by atoms with E-state index in [4.69, 9.17) is 5.11 Å². The molecule has 102 valence electrons. The largest absolute Gasteiger partial charge is 0.478 e. The van der Waals surface area contributed by atoms with Gasteiger partial charge >= 0.3 is 5.97 Å². The third-order valence-electron chi connectivity index (χ3n) is 2.90. The van der Waals surface area contributed by atoms with Gasteiger partial charge in [0.2, 0.25) is 0 Å². The van der Waals surface area contributed by atoms with Crippen LogP contribution in [0.25, 0.3) is 0 Å². The second-order valence-corrected chi connectivity index (χ2v) is 4.31. The number of carboxylic acids is 1. The molecule has 0 aliphatic heterocycles. The van der Waals surface area contributed by atoms with E-state index in [2.05, 4.69) is 10.3 Å². The second-order valence-electron chi connectivity index (χ2n) is 4.31. The van der Waals surface area contributed by atoms with Gasteiger partial charge in [-0.2, -0.15) is 0 Å². The summed E-state index contributed by atoms with van der Waals surface area (Å²) in [5, 5.41) is 11.8. The van der Waals surface area contributed by atoms with E-state index in [0.29, 0.717) is 0 Å². The van der Waals surface area contributed by atoms with Gasteiger partial charge in [-0.3, -0.25) is 9.78 Å². The van der Waals surface area contributed by atoms with Crippen LogP contribution >= 0.6 is 0 Å². The molecule has 5 nitrogen and oxygen atoms in total. The number of nitrogens with zero attached hydrogens (tertiary/aromatic N) is 1. The molecule has 2 aromatic rings. The molecule has 5 heteroatoms. The highest BCUT2D eigenvalue weighted by Gasteiger charge is 2.19. The Kier molecular flexibility index (Phi) is 4.10. The number of carboxylic acid groups (broad SMARTS) is 1. The summed E-state index contributed by atoms with van der Waals surface area (Å²) in [4.78, 5) is 27.0. The molecule has 1 aromatic heterocycles. The Bertz CT molecular complexity index is 626. The molecule has 1 amide bonds. The van der Waals surface area contributed by atoms with Crippen molar-refractivity contribution in [1.82, 2.24) is 10.3 Å². The van der Waals surface area contributed by atoms with Gasteiger partial charge in [0.15, 0.2) is 0 Å². The lowest BCUT2D eigenvalue weighted by atomic mass is 10.1. The number of carbonyl (C=O) groups excluding carboxylic acids is 1. The number of amides is 1. The Morgan fingerprint density at radius 1 is 1.15 bits per heavy atom. The molecule has 1 atom stereocenters. The molecular weight excluding hydrogens is 256 g/mol. The molecule has 0 fully saturated rings. The summed E-state index contributed by atoms with van der Waals surface area (Å²) in [5.74, 6) is -1.67. The fourth-order valence-electron chi connectivity index (χ4n) is 1.85. The zero-order chi connectivity index (χ0) is 14.5. The van der Waals surface area contributed by atoms with Gasteiger partial charge in [-0.05, 0) is 24.6 Å². The average Bonchev–Trinajstić information content (AvgIpc) is 2.48. The van der Waals surface area contributed by atoms with Crippen LogP contribution in [-0.4, -0.2) is 22.0 Å². The van der Waals surface area contributed by atoms with Crippen molar-refractivity contribution in [2.75, 3.05) is 0 Å². The lowest BCUT2D eigenvalue weighted by Crippen LogP contribution is -2.29. The highest BCUT2D eigenvalue weighted by molar-refractivity contribution is 6.03. The number of hydrogen-bond acceptors (Lipinski definition) is 3. The van der Waals surface area contributed by atoms with Crippen molar-refractivity contribution in [2.24, 2.45) is 0 Å². The van der Waals surface area contributed by atoms with E-state index < -0.39 is 11.9 Å². The Labute approximate surface area is 116 Å². The highest BCUT2D eigenvalue weighted by Crippen LogP contribution is 2.13. The van der Waals surface area contributed by atoms with Crippen molar-refractivity contribution in [1.29, 1.82) is 0 Å². The molecule has 0 aliphatic carbocycles. The zero-order valence-electron chi connectivity index (χ0n) is 10.9. The first-order valence-corrected chi connectivity index (χ1v) is 6.13. The zero-order valence-corrected chi connectivity index (χ0v) is 10.9. The molecule has 2 N–H and O–H groups in total. The Hall–Kier alpha value is -2.69. The number of pyridine rings is 1. The summed E-state index contributed by atoms with van der Waals surface area (Å²) >= 11 is 0. The minimum absolute atomic E-state index is 0.0808. The molecule has 0 spiro atoms. The number of aromatic carboxylic acids is 1. The quantitative estimate of drug-likeness (QED) is 0.893. The molecule has 0 saturated carbocycles. The molecule has 0 radical (unpaired) electrons. The standard InChI is InChI=1S/C15H14N2O3/c1-10(11-6-3-2-4-7-11)17-14(18)13-12(15(19)20)8-5-9-16-13/h2-10H,1H3,(H,17,18)(H,19,20)/t10-/m0/s1. The summed E-state index contributed by atoms with van der Waals surface area (Å²) in [7, 11) is 0. The summed E-state index contributed by atoms with van der Waals surface area (Å²) in [6.45, 7) is 1.83. The molecule has 1 aromatic carbocycles. The Morgan fingerprint density at radius 2 is 1.85 bits per heavy atom. The van der Waals surface area contributed by atoms with Crippen LogP contribution in [0.4, 0.5) is 0 Å². The molecule has 0 saturated heterocycles. The van der Waals surface area contributed by atoms with Crippen LogP contribution in [0.15, 0.2) is 48.7 Å². The first kappa shape index (κ1) is 13.7. The van der Waals surface area contributed by atoms with Crippen LogP contribution in [0.5, 0.6) is 0 Å². The van der Waals surface area contributed by atoms with Gasteiger partial charge in [0, 0.05) is 6.20 Å². The second kappa shape index (κ2) is 5.97. The smallest absolute Gasteiger partial charge is 0.338 e. The van der Waals surface area contributed by atoms with Gasteiger partial charge in [0.1, 0.15) is 5.69 Å². The van der Waals surface area contributed by atoms with Gasteiger partial charge in [-0.25, -0.2) is 4.79 Å². The van der Waals surface area contributed by atoms with E-state index in [0.717, 1.165) is 5.56 Å². The van der Waals surface area contributed by atoms with E-state index in [-0.39, 0.29) is 17.3 Å². The van der Waals surface area contributed by atoms with Gasteiger partial charge in [-0.1, -0.05) is 30.3 Å². The molecule has 0 bridgehead atoms. The molecule has 0 aliphatic rings. The minimum atomic E-state index is -1.17. The van der Waals surface area contributed by atoms with Crippen LogP contribution in [-0.2, 0) is 0 Å². The Morgan fingerprint density at radius 3 is 2.50 bits per heavy atom. The van der Waals surface area contributed by atoms with Crippen molar-refractivity contribution in [3.05, 3.63) is 65.5 Å². The first-order valence-electron chi connectivity index (χ1n) is 6.13.